The molecule has 3 heterocycles. The van der Waals surface area contributed by atoms with Crippen molar-refractivity contribution in [2.24, 2.45) is 5.92 Å². The Morgan fingerprint density at radius 3 is 2.60 bits per heavy atom. The Morgan fingerprint density at radius 2 is 1.89 bits per heavy atom. The molecule has 9 heteroatoms. The lowest BCUT2D eigenvalue weighted by Gasteiger charge is -2.49. The van der Waals surface area contributed by atoms with Crippen molar-refractivity contribution in [2.75, 3.05) is 24.5 Å². The second-order valence-electron chi connectivity index (χ2n) is 9.07. The van der Waals surface area contributed by atoms with Gasteiger partial charge in [0.1, 0.15) is 11.6 Å². The zero-order valence-electron chi connectivity index (χ0n) is 18.9. The number of furan rings is 1. The van der Waals surface area contributed by atoms with E-state index in [1.807, 2.05) is 0 Å². The minimum absolute atomic E-state index is 0.204. The Bertz CT molecular complexity index is 1180. The summed E-state index contributed by atoms with van der Waals surface area (Å²) in [6.07, 6.45) is -2.71. The minimum Gasteiger partial charge on any atom is -0.467 e. The Labute approximate surface area is 200 Å². The van der Waals surface area contributed by atoms with E-state index in [4.69, 9.17) is 4.42 Å². The zero-order chi connectivity index (χ0) is 24.6. The average molecular weight is 487 g/mol. The van der Waals surface area contributed by atoms with Gasteiger partial charge >= 0.3 is 6.18 Å². The van der Waals surface area contributed by atoms with Crippen LogP contribution in [0.3, 0.4) is 0 Å². The van der Waals surface area contributed by atoms with Crippen LogP contribution in [0.15, 0.2) is 65.3 Å². The largest absolute Gasteiger partial charge is 0.467 e. The van der Waals surface area contributed by atoms with E-state index in [1.54, 1.807) is 24.3 Å². The Morgan fingerprint density at radius 1 is 1.09 bits per heavy atom. The van der Waals surface area contributed by atoms with Crippen molar-refractivity contribution in [1.82, 2.24) is 10.2 Å². The summed E-state index contributed by atoms with van der Waals surface area (Å²) < 4.78 is 58.7. The van der Waals surface area contributed by atoms with Crippen LogP contribution in [-0.2, 0) is 30.5 Å². The van der Waals surface area contributed by atoms with Gasteiger partial charge in [0, 0.05) is 31.9 Å². The molecule has 0 bridgehead atoms. The lowest BCUT2D eigenvalue weighted by Crippen LogP contribution is -2.60. The summed E-state index contributed by atoms with van der Waals surface area (Å²) in [5.74, 6) is -0.443. The van der Waals surface area contributed by atoms with Gasteiger partial charge in [0.15, 0.2) is 0 Å². The molecule has 0 aliphatic carbocycles. The third kappa shape index (κ3) is 5.05. The predicted octanol–water partition coefficient (Wildman–Crippen LogP) is 4.62. The number of carbonyl (C=O) groups is 1. The molecule has 5 rings (SSSR count). The van der Waals surface area contributed by atoms with E-state index < -0.39 is 17.7 Å². The molecule has 184 valence electrons. The zero-order valence-corrected chi connectivity index (χ0v) is 18.9. The van der Waals surface area contributed by atoms with Crippen molar-refractivity contribution >= 4 is 11.6 Å². The third-order valence-electron chi connectivity index (χ3n) is 6.80. The molecule has 1 amide bonds. The monoisotopic (exact) mass is 487 g/mol. The quantitative estimate of drug-likeness (QED) is 0.534. The number of rotatable bonds is 5. The van der Waals surface area contributed by atoms with E-state index in [2.05, 4.69) is 15.1 Å². The number of piperazine rings is 1. The van der Waals surface area contributed by atoms with Crippen molar-refractivity contribution in [3.63, 3.8) is 0 Å². The molecule has 2 aromatic carbocycles. The molecule has 0 unspecified atom stereocenters. The predicted molar refractivity (Wildman–Crippen MR) is 122 cm³/mol. The van der Waals surface area contributed by atoms with E-state index >= 15 is 0 Å². The van der Waals surface area contributed by atoms with Crippen molar-refractivity contribution < 1.29 is 26.8 Å². The van der Waals surface area contributed by atoms with Crippen molar-refractivity contribution in [3.8, 4) is 0 Å². The Kier molecular flexibility index (Phi) is 6.27. The number of hydrogen-bond donors (Lipinski definition) is 1. The van der Waals surface area contributed by atoms with E-state index in [1.165, 1.54) is 30.5 Å². The number of nitrogens with zero attached hydrogens (tertiary/aromatic N) is 2. The fraction of sp³-hybridized carbons (Fsp3) is 0.346. The molecule has 35 heavy (non-hydrogen) atoms. The van der Waals surface area contributed by atoms with Crippen molar-refractivity contribution in [3.05, 3.63) is 89.1 Å². The summed E-state index contributed by atoms with van der Waals surface area (Å²) in [6.45, 7) is 2.63. The average Bonchev–Trinajstić information content (AvgIpc) is 3.36. The molecular weight excluding hydrogens is 462 g/mol. The SMILES string of the molecule is O=C(NCc1ccco1)[C@@H]1Cc2cc(C(F)(F)F)ccc2N2CCN(Cc3ccc(F)cc3)C[C@@H]12. The van der Waals surface area contributed by atoms with Crippen LogP contribution in [0.2, 0.25) is 0 Å². The third-order valence-corrected chi connectivity index (χ3v) is 6.80. The maximum absolute atomic E-state index is 13.4. The number of nitrogens with one attached hydrogen (secondary N) is 1. The maximum Gasteiger partial charge on any atom is 0.416 e. The second-order valence-corrected chi connectivity index (χ2v) is 9.07. The van der Waals surface area contributed by atoms with Crippen molar-refractivity contribution in [1.29, 1.82) is 0 Å². The molecule has 1 fully saturated rings. The first-order valence-electron chi connectivity index (χ1n) is 11.5. The number of hydrogen-bond acceptors (Lipinski definition) is 4. The van der Waals surface area contributed by atoms with E-state index in [9.17, 15) is 22.4 Å². The molecular formula is C26H25F4N3O2. The van der Waals surface area contributed by atoms with E-state index in [-0.39, 0.29) is 30.7 Å². The number of alkyl halides is 3. The second kappa shape index (κ2) is 9.37. The van der Waals surface area contributed by atoms with Crippen LogP contribution in [0.5, 0.6) is 0 Å². The highest BCUT2D eigenvalue weighted by molar-refractivity contribution is 5.82. The molecule has 2 atom stereocenters. The number of benzene rings is 2. The van der Waals surface area contributed by atoms with Crippen LogP contribution in [0.4, 0.5) is 23.2 Å². The van der Waals surface area contributed by atoms with E-state index in [0.29, 0.717) is 37.5 Å². The van der Waals surface area contributed by atoms with Gasteiger partial charge in [-0.15, -0.1) is 0 Å². The summed E-state index contributed by atoms with van der Waals surface area (Å²) in [7, 11) is 0. The van der Waals surface area contributed by atoms with Gasteiger partial charge in [-0.3, -0.25) is 9.69 Å². The molecule has 0 spiro atoms. The van der Waals surface area contributed by atoms with Crippen LogP contribution in [0.25, 0.3) is 0 Å². The highest BCUT2D eigenvalue weighted by Gasteiger charge is 2.42. The van der Waals surface area contributed by atoms with Gasteiger partial charge in [-0.2, -0.15) is 13.2 Å². The molecule has 0 radical (unpaired) electrons. The molecule has 5 nitrogen and oxygen atoms in total. The number of carbonyl (C=O) groups excluding carboxylic acids is 1. The normalized spacial score (nSPS) is 20.3. The topological polar surface area (TPSA) is 48.7 Å². The molecule has 1 saturated heterocycles. The molecule has 2 aliphatic heterocycles. The summed E-state index contributed by atoms with van der Waals surface area (Å²) in [5.41, 5.74) is 1.53. The summed E-state index contributed by atoms with van der Waals surface area (Å²) in [4.78, 5) is 17.6. The first-order valence-corrected chi connectivity index (χ1v) is 11.5. The van der Waals surface area contributed by atoms with Gasteiger partial charge in [-0.25, -0.2) is 4.39 Å². The Hall–Kier alpha value is -3.33. The maximum atomic E-state index is 13.4. The van der Waals surface area contributed by atoms with Gasteiger partial charge < -0.3 is 14.6 Å². The van der Waals surface area contributed by atoms with Crippen molar-refractivity contribution in [2.45, 2.75) is 31.7 Å². The molecule has 1 aromatic heterocycles. The first kappa shape index (κ1) is 23.4. The summed E-state index contributed by atoms with van der Waals surface area (Å²) >= 11 is 0. The standard InChI is InChI=1S/C26H25F4N3O2/c27-20-6-3-17(4-7-20)15-32-9-10-33-23-8-5-19(26(28,29)30)12-18(23)13-22(24(33)16-32)25(34)31-14-21-2-1-11-35-21/h1-8,11-12,22,24H,9-10,13-16H2,(H,31,34)/t22-,24+/m1/s1. The molecule has 3 aromatic rings. The van der Waals surface area contributed by atoms with Crippen LogP contribution in [0.1, 0.15) is 22.5 Å². The van der Waals surface area contributed by atoms with Crippen LogP contribution >= 0.6 is 0 Å². The molecule has 2 aliphatic rings. The number of fused-ring (bicyclic) bond motifs is 3. The first-order chi connectivity index (χ1) is 16.8. The number of anilines is 1. The van der Waals surface area contributed by atoms with Gasteiger partial charge in [0.05, 0.1) is 30.3 Å². The molecule has 1 N–H and O–H groups in total. The Balaban J connectivity index is 1.40. The lowest BCUT2D eigenvalue weighted by molar-refractivity contribution is -0.137. The van der Waals surface area contributed by atoms with Crippen LogP contribution in [0, 0.1) is 11.7 Å². The summed E-state index contributed by atoms with van der Waals surface area (Å²) in [5, 5.41) is 2.89. The van der Waals surface area contributed by atoms with Crippen LogP contribution < -0.4 is 10.2 Å². The lowest BCUT2D eigenvalue weighted by atomic mass is 9.82. The smallest absolute Gasteiger partial charge is 0.416 e. The van der Waals surface area contributed by atoms with Crippen LogP contribution in [-0.4, -0.2) is 36.5 Å². The van der Waals surface area contributed by atoms with Gasteiger partial charge in [-0.1, -0.05) is 12.1 Å². The van der Waals surface area contributed by atoms with E-state index in [0.717, 1.165) is 17.3 Å². The highest BCUT2D eigenvalue weighted by Crippen LogP contribution is 2.40. The summed E-state index contributed by atoms with van der Waals surface area (Å²) in [6, 6.07) is 13.4. The van der Waals surface area contributed by atoms with Gasteiger partial charge in [0.2, 0.25) is 5.91 Å². The fourth-order valence-electron chi connectivity index (χ4n) is 5.07. The highest BCUT2D eigenvalue weighted by atomic mass is 19.4. The minimum atomic E-state index is -4.45. The van der Waals surface area contributed by atoms with Gasteiger partial charge in [0.25, 0.3) is 0 Å². The molecule has 0 saturated carbocycles. The number of amides is 1. The van der Waals surface area contributed by atoms with Gasteiger partial charge in [-0.05, 0) is 60.0 Å². The fourth-order valence-corrected chi connectivity index (χ4v) is 5.07. The number of halogens is 4.